The predicted octanol–water partition coefficient (Wildman–Crippen LogP) is 1.88. The lowest BCUT2D eigenvalue weighted by Crippen LogP contribution is -2.44. The number of furan rings is 1. The number of carboxylic acids is 1. The summed E-state index contributed by atoms with van der Waals surface area (Å²) in [4.78, 5) is 22.4. The molecule has 16 heavy (non-hydrogen) atoms. The molecule has 6 heteroatoms. The van der Waals surface area contributed by atoms with Crippen LogP contribution in [0.4, 0.5) is 0 Å². The van der Waals surface area contributed by atoms with Gasteiger partial charge in [0.2, 0.25) is 0 Å². The first-order valence-corrected chi connectivity index (χ1v) is 5.50. The zero-order valence-corrected chi connectivity index (χ0v) is 10.4. The van der Waals surface area contributed by atoms with Gasteiger partial charge in [-0.15, -0.1) is 0 Å². The van der Waals surface area contributed by atoms with E-state index >= 15 is 0 Å². The Morgan fingerprint density at radius 1 is 1.44 bits per heavy atom. The maximum atomic E-state index is 11.6. The van der Waals surface area contributed by atoms with Crippen molar-refractivity contribution < 1.29 is 19.1 Å². The molecule has 0 saturated carbocycles. The summed E-state index contributed by atoms with van der Waals surface area (Å²) >= 11 is 3.06. The molecule has 0 saturated heterocycles. The third-order valence-electron chi connectivity index (χ3n) is 2.02. The fraction of sp³-hybridized carbons (Fsp3) is 0.400. The first kappa shape index (κ1) is 12.8. The predicted molar refractivity (Wildman–Crippen MR) is 60.1 cm³/mol. The van der Waals surface area contributed by atoms with E-state index < -0.39 is 17.9 Å². The minimum absolute atomic E-state index is 0.0822. The third kappa shape index (κ3) is 3.10. The quantitative estimate of drug-likeness (QED) is 0.887. The monoisotopic (exact) mass is 289 g/mol. The van der Waals surface area contributed by atoms with Gasteiger partial charge in [0, 0.05) is 0 Å². The van der Waals surface area contributed by atoms with Crippen LogP contribution < -0.4 is 5.32 Å². The van der Waals surface area contributed by atoms with Crippen LogP contribution >= 0.6 is 15.9 Å². The summed E-state index contributed by atoms with van der Waals surface area (Å²) in [5.74, 6) is -1.71. The van der Waals surface area contributed by atoms with Crippen LogP contribution in [0.5, 0.6) is 0 Å². The third-order valence-corrected chi connectivity index (χ3v) is 2.44. The Morgan fingerprint density at radius 2 is 2.06 bits per heavy atom. The molecule has 0 aliphatic carbocycles. The van der Waals surface area contributed by atoms with Gasteiger partial charge in [-0.25, -0.2) is 4.79 Å². The normalized spacial score (nSPS) is 12.5. The summed E-state index contributed by atoms with van der Waals surface area (Å²) in [7, 11) is 0. The highest BCUT2D eigenvalue weighted by Gasteiger charge is 2.25. The van der Waals surface area contributed by atoms with E-state index in [1.165, 1.54) is 6.07 Å². The van der Waals surface area contributed by atoms with E-state index in [1.54, 1.807) is 19.9 Å². The van der Waals surface area contributed by atoms with E-state index in [1.807, 2.05) is 0 Å². The minimum atomic E-state index is -1.06. The van der Waals surface area contributed by atoms with Gasteiger partial charge in [-0.2, -0.15) is 0 Å². The van der Waals surface area contributed by atoms with Crippen LogP contribution in [-0.2, 0) is 4.79 Å². The molecule has 1 rings (SSSR count). The Hall–Kier alpha value is -1.30. The second-order valence-corrected chi connectivity index (χ2v) is 4.42. The maximum absolute atomic E-state index is 11.6. The largest absolute Gasteiger partial charge is 0.480 e. The average Bonchev–Trinajstić information content (AvgIpc) is 2.59. The van der Waals surface area contributed by atoms with Crippen molar-refractivity contribution in [3.05, 3.63) is 22.6 Å². The number of carboxylic acid groups (broad SMARTS) is 1. The molecule has 1 heterocycles. The summed E-state index contributed by atoms with van der Waals surface area (Å²) in [5.41, 5.74) is 0. The molecule has 0 fully saturated rings. The van der Waals surface area contributed by atoms with Crippen LogP contribution in [-0.4, -0.2) is 23.0 Å². The van der Waals surface area contributed by atoms with Gasteiger partial charge in [0.05, 0.1) is 0 Å². The molecule has 0 radical (unpaired) electrons. The molecule has 1 amide bonds. The molecule has 0 aliphatic rings. The SMILES string of the molecule is CC(C)[C@H](NC(=O)c1ccc(Br)o1)C(=O)O. The first-order chi connectivity index (χ1) is 7.41. The molecule has 1 atom stereocenters. The van der Waals surface area contributed by atoms with E-state index in [0.717, 1.165) is 0 Å². The van der Waals surface area contributed by atoms with E-state index in [2.05, 4.69) is 21.2 Å². The molecule has 0 aliphatic heterocycles. The number of carbonyl (C=O) groups excluding carboxylic acids is 1. The molecular weight excluding hydrogens is 278 g/mol. The Labute approximate surface area is 101 Å². The van der Waals surface area contributed by atoms with Crippen molar-refractivity contribution in [3.8, 4) is 0 Å². The van der Waals surface area contributed by atoms with Crippen LogP contribution in [0, 0.1) is 5.92 Å². The topological polar surface area (TPSA) is 79.5 Å². The summed E-state index contributed by atoms with van der Waals surface area (Å²) in [6.45, 7) is 3.44. The number of halogens is 1. The standard InChI is InChI=1S/C10H12BrNO4/c1-5(2)8(10(14)15)12-9(13)6-3-4-7(11)16-6/h3-5,8H,1-2H3,(H,12,13)(H,14,15)/t8-/m0/s1. The molecule has 0 unspecified atom stereocenters. The molecule has 5 nitrogen and oxygen atoms in total. The van der Waals surface area contributed by atoms with E-state index in [0.29, 0.717) is 4.67 Å². The van der Waals surface area contributed by atoms with Gasteiger partial charge in [-0.1, -0.05) is 13.8 Å². The van der Waals surface area contributed by atoms with Crippen molar-refractivity contribution in [2.24, 2.45) is 5.92 Å². The van der Waals surface area contributed by atoms with Crippen molar-refractivity contribution in [2.75, 3.05) is 0 Å². The zero-order chi connectivity index (χ0) is 12.3. The first-order valence-electron chi connectivity index (χ1n) is 4.71. The van der Waals surface area contributed by atoms with Gasteiger partial charge >= 0.3 is 5.97 Å². The number of rotatable bonds is 4. The van der Waals surface area contributed by atoms with E-state index in [9.17, 15) is 9.59 Å². The fourth-order valence-corrected chi connectivity index (χ4v) is 1.47. The number of amides is 1. The molecule has 2 N–H and O–H groups in total. The van der Waals surface area contributed by atoms with Gasteiger partial charge in [-0.05, 0) is 34.0 Å². The minimum Gasteiger partial charge on any atom is -0.480 e. The lowest BCUT2D eigenvalue weighted by atomic mass is 10.0. The van der Waals surface area contributed by atoms with Crippen molar-refractivity contribution >= 4 is 27.8 Å². The Balaban J connectivity index is 2.73. The summed E-state index contributed by atoms with van der Waals surface area (Å²) < 4.78 is 5.44. The highest BCUT2D eigenvalue weighted by molar-refractivity contribution is 9.10. The fourth-order valence-electron chi connectivity index (χ4n) is 1.16. The Bertz CT molecular complexity index is 399. The number of carbonyl (C=O) groups is 2. The molecule has 0 spiro atoms. The molecule has 1 aromatic rings. The lowest BCUT2D eigenvalue weighted by Gasteiger charge is -2.16. The zero-order valence-electron chi connectivity index (χ0n) is 8.86. The van der Waals surface area contributed by atoms with Crippen molar-refractivity contribution in [1.29, 1.82) is 0 Å². The summed E-state index contributed by atoms with van der Waals surface area (Å²) in [6, 6.07) is 2.12. The second kappa shape index (κ2) is 5.16. The van der Waals surface area contributed by atoms with Crippen LogP contribution in [0.15, 0.2) is 21.2 Å². The Morgan fingerprint density at radius 3 is 2.44 bits per heavy atom. The van der Waals surface area contributed by atoms with Gasteiger partial charge in [0.25, 0.3) is 5.91 Å². The highest BCUT2D eigenvalue weighted by Crippen LogP contribution is 2.14. The number of aliphatic carboxylic acids is 1. The van der Waals surface area contributed by atoms with Crippen molar-refractivity contribution in [1.82, 2.24) is 5.32 Å². The van der Waals surface area contributed by atoms with Gasteiger partial charge < -0.3 is 14.8 Å². The molecule has 0 aromatic carbocycles. The van der Waals surface area contributed by atoms with Crippen LogP contribution in [0.3, 0.4) is 0 Å². The van der Waals surface area contributed by atoms with Gasteiger partial charge in [0.1, 0.15) is 6.04 Å². The van der Waals surface area contributed by atoms with Crippen LogP contribution in [0.2, 0.25) is 0 Å². The number of hydrogen-bond donors (Lipinski definition) is 2. The molecular formula is C10H12BrNO4. The number of hydrogen-bond acceptors (Lipinski definition) is 3. The molecule has 88 valence electrons. The van der Waals surface area contributed by atoms with Crippen LogP contribution in [0.25, 0.3) is 0 Å². The smallest absolute Gasteiger partial charge is 0.326 e. The van der Waals surface area contributed by atoms with Gasteiger partial charge in [-0.3, -0.25) is 4.79 Å². The molecule has 0 bridgehead atoms. The lowest BCUT2D eigenvalue weighted by molar-refractivity contribution is -0.140. The van der Waals surface area contributed by atoms with E-state index in [4.69, 9.17) is 9.52 Å². The van der Waals surface area contributed by atoms with Crippen LogP contribution in [0.1, 0.15) is 24.4 Å². The van der Waals surface area contributed by atoms with Crippen molar-refractivity contribution in [2.45, 2.75) is 19.9 Å². The summed E-state index contributed by atoms with van der Waals surface area (Å²) in [5, 5.41) is 11.3. The number of nitrogens with one attached hydrogen (secondary N) is 1. The van der Waals surface area contributed by atoms with Crippen molar-refractivity contribution in [3.63, 3.8) is 0 Å². The molecule has 1 aromatic heterocycles. The van der Waals surface area contributed by atoms with Gasteiger partial charge in [0.15, 0.2) is 10.4 Å². The average molecular weight is 290 g/mol. The summed E-state index contributed by atoms with van der Waals surface area (Å²) in [6.07, 6.45) is 0. The Kier molecular flexibility index (Phi) is 4.12. The highest BCUT2D eigenvalue weighted by atomic mass is 79.9. The maximum Gasteiger partial charge on any atom is 0.326 e. The van der Waals surface area contributed by atoms with E-state index in [-0.39, 0.29) is 11.7 Å². The second-order valence-electron chi connectivity index (χ2n) is 3.64.